The monoisotopic (exact) mass is 567 g/mol. The molecule has 2 N–H and O–H groups in total. The van der Waals surface area contributed by atoms with Gasteiger partial charge in [0.15, 0.2) is 0 Å². The summed E-state index contributed by atoms with van der Waals surface area (Å²) < 4.78 is 48.0. The summed E-state index contributed by atoms with van der Waals surface area (Å²) in [6.07, 6.45) is 2.37. The van der Waals surface area contributed by atoms with Crippen LogP contribution in [0, 0.1) is 11.7 Å². The Hall–Kier alpha value is -3.27. The zero-order chi connectivity index (χ0) is 28.7. The molecule has 4 rings (SSSR count). The van der Waals surface area contributed by atoms with Crippen LogP contribution < -0.4 is 14.8 Å². The molecule has 3 aromatic rings. The van der Waals surface area contributed by atoms with E-state index in [1.165, 1.54) is 12.1 Å². The predicted molar refractivity (Wildman–Crippen MR) is 155 cm³/mol. The van der Waals surface area contributed by atoms with Crippen LogP contribution in [0.3, 0.4) is 0 Å². The molecule has 0 radical (unpaired) electrons. The molecule has 3 aromatic carbocycles. The van der Waals surface area contributed by atoms with Crippen LogP contribution >= 0.6 is 0 Å². The van der Waals surface area contributed by atoms with Gasteiger partial charge in [0.1, 0.15) is 18.2 Å². The van der Waals surface area contributed by atoms with Gasteiger partial charge in [0.25, 0.3) is 0 Å². The fourth-order valence-corrected chi connectivity index (χ4v) is 6.17. The summed E-state index contributed by atoms with van der Waals surface area (Å²) in [5.74, 6) is 0.226. The first-order valence-corrected chi connectivity index (χ1v) is 15.2. The van der Waals surface area contributed by atoms with Crippen LogP contribution in [-0.2, 0) is 14.8 Å². The molecule has 1 aliphatic rings. The molecule has 0 aromatic heterocycles. The minimum absolute atomic E-state index is 0.0547. The summed E-state index contributed by atoms with van der Waals surface area (Å²) in [6, 6.07) is 20.2. The van der Waals surface area contributed by atoms with E-state index >= 15 is 0 Å². The van der Waals surface area contributed by atoms with Gasteiger partial charge in [0.2, 0.25) is 15.9 Å². The Balaban J connectivity index is 1.29. The molecule has 9 heteroatoms. The van der Waals surface area contributed by atoms with Gasteiger partial charge in [0.05, 0.1) is 10.9 Å². The molecule has 1 atom stereocenters. The molecule has 0 aliphatic heterocycles. The molecule has 0 saturated heterocycles. The number of rotatable bonds is 11. The van der Waals surface area contributed by atoms with Crippen molar-refractivity contribution in [3.63, 3.8) is 0 Å². The highest BCUT2D eigenvalue weighted by Gasteiger charge is 2.29. The van der Waals surface area contributed by atoms with E-state index in [1.54, 1.807) is 36.4 Å². The lowest BCUT2D eigenvalue weighted by molar-refractivity contribution is -0.126. The lowest BCUT2D eigenvalue weighted by atomic mass is 9.85. The van der Waals surface area contributed by atoms with Gasteiger partial charge in [0, 0.05) is 18.5 Å². The van der Waals surface area contributed by atoms with Gasteiger partial charge in [-0.1, -0.05) is 36.4 Å². The van der Waals surface area contributed by atoms with Gasteiger partial charge >= 0.3 is 0 Å². The third kappa shape index (κ3) is 8.13. The van der Waals surface area contributed by atoms with Crippen LogP contribution in [0.2, 0.25) is 0 Å². The Morgan fingerprint density at radius 3 is 2.30 bits per heavy atom. The van der Waals surface area contributed by atoms with Gasteiger partial charge in [-0.05, 0) is 99.8 Å². The zero-order valence-corrected chi connectivity index (χ0v) is 24.1. The average molecular weight is 568 g/mol. The molecule has 214 valence electrons. The first-order valence-electron chi connectivity index (χ1n) is 13.7. The maximum absolute atomic E-state index is 13.2. The van der Waals surface area contributed by atoms with Crippen molar-refractivity contribution in [3.05, 3.63) is 84.2 Å². The van der Waals surface area contributed by atoms with Crippen molar-refractivity contribution in [1.82, 2.24) is 14.9 Å². The molecule has 1 fully saturated rings. The Kier molecular flexibility index (Phi) is 9.95. The van der Waals surface area contributed by atoms with Gasteiger partial charge < -0.3 is 15.0 Å². The molecule has 0 heterocycles. The highest BCUT2D eigenvalue weighted by atomic mass is 32.2. The number of amides is 1. The molecule has 1 saturated carbocycles. The van der Waals surface area contributed by atoms with E-state index in [4.69, 9.17) is 4.74 Å². The number of ether oxygens (including phenoxy) is 1. The maximum Gasteiger partial charge on any atom is 0.240 e. The lowest BCUT2D eigenvalue weighted by Gasteiger charge is -2.29. The third-order valence-electron chi connectivity index (χ3n) is 7.29. The van der Waals surface area contributed by atoms with E-state index < -0.39 is 10.0 Å². The molecule has 0 bridgehead atoms. The summed E-state index contributed by atoms with van der Waals surface area (Å²) >= 11 is 0. The number of carbonyl (C=O) groups is 1. The number of hydrogen-bond acceptors (Lipinski definition) is 5. The van der Waals surface area contributed by atoms with Crippen molar-refractivity contribution in [3.8, 4) is 16.9 Å². The summed E-state index contributed by atoms with van der Waals surface area (Å²) in [7, 11) is 0.294. The van der Waals surface area contributed by atoms with Gasteiger partial charge in [-0.15, -0.1) is 0 Å². The molecular weight excluding hydrogens is 529 g/mol. The Morgan fingerprint density at radius 1 is 0.975 bits per heavy atom. The lowest BCUT2D eigenvalue weighted by Crippen LogP contribution is -2.41. The second-order valence-electron chi connectivity index (χ2n) is 10.7. The Morgan fingerprint density at radius 2 is 1.65 bits per heavy atom. The van der Waals surface area contributed by atoms with E-state index in [2.05, 4.69) is 14.9 Å². The van der Waals surface area contributed by atoms with Crippen LogP contribution in [0.25, 0.3) is 11.1 Å². The number of nitrogens with zero attached hydrogens (tertiary/aromatic N) is 1. The molecular formula is C31H38FN3O4S. The third-order valence-corrected chi connectivity index (χ3v) is 8.82. The standard InChI is InChI=1S/C31H38FN3O4S/c1-22(23-7-13-27(32)14-8-23)33-31(36)25-9-15-28(16-10-25)34-40(37,38)30-17-11-24(12-18-30)26-5-4-6-29(21-26)39-20-19-35(2)3/h4-8,11-14,17-18,21-22,25,28,34H,9-10,15-16,19-20H2,1-3H3,(H,33,36)/t22-,25-,28-/m1/s1. The van der Waals surface area contributed by atoms with Crippen LogP contribution in [0.4, 0.5) is 4.39 Å². The van der Waals surface area contributed by atoms with Crippen molar-refractivity contribution < 1.29 is 22.3 Å². The van der Waals surface area contributed by atoms with E-state index in [9.17, 15) is 17.6 Å². The summed E-state index contributed by atoms with van der Waals surface area (Å²) in [6.45, 7) is 3.27. The van der Waals surface area contributed by atoms with Crippen LogP contribution in [0.15, 0.2) is 77.7 Å². The number of benzene rings is 3. The highest BCUT2D eigenvalue weighted by Crippen LogP contribution is 2.28. The second-order valence-corrected chi connectivity index (χ2v) is 12.4. The predicted octanol–water partition coefficient (Wildman–Crippen LogP) is 5.15. The van der Waals surface area contributed by atoms with Crippen molar-refractivity contribution in [2.75, 3.05) is 27.2 Å². The van der Waals surface area contributed by atoms with E-state index in [-0.39, 0.29) is 34.6 Å². The fraction of sp³-hybridized carbons (Fsp3) is 0.387. The fourth-order valence-electron chi connectivity index (χ4n) is 4.86. The summed E-state index contributed by atoms with van der Waals surface area (Å²) in [5, 5.41) is 3.00. The number of carbonyl (C=O) groups excluding carboxylic acids is 1. The Labute approximate surface area is 236 Å². The van der Waals surface area contributed by atoms with Crippen molar-refractivity contribution >= 4 is 15.9 Å². The minimum Gasteiger partial charge on any atom is -0.492 e. The number of nitrogens with one attached hydrogen (secondary N) is 2. The number of hydrogen-bond donors (Lipinski definition) is 2. The van der Waals surface area contributed by atoms with Crippen molar-refractivity contribution in [2.45, 2.75) is 49.6 Å². The van der Waals surface area contributed by atoms with Crippen LogP contribution in [-0.4, -0.2) is 52.5 Å². The zero-order valence-electron chi connectivity index (χ0n) is 23.3. The molecule has 40 heavy (non-hydrogen) atoms. The summed E-state index contributed by atoms with van der Waals surface area (Å²) in [5.41, 5.74) is 2.69. The number of likely N-dealkylation sites (N-methyl/N-ethyl adjacent to an activating group) is 1. The van der Waals surface area contributed by atoms with Crippen molar-refractivity contribution in [1.29, 1.82) is 0 Å². The first kappa shape index (κ1) is 29.7. The topological polar surface area (TPSA) is 87.7 Å². The highest BCUT2D eigenvalue weighted by molar-refractivity contribution is 7.89. The van der Waals surface area contributed by atoms with Crippen molar-refractivity contribution in [2.24, 2.45) is 5.92 Å². The van der Waals surface area contributed by atoms with E-state index in [0.717, 1.165) is 29.0 Å². The number of sulfonamides is 1. The minimum atomic E-state index is -3.69. The van der Waals surface area contributed by atoms with Crippen LogP contribution in [0.5, 0.6) is 5.75 Å². The van der Waals surface area contributed by atoms with Gasteiger partial charge in [-0.3, -0.25) is 4.79 Å². The average Bonchev–Trinajstić information content (AvgIpc) is 2.93. The number of halogens is 1. The van der Waals surface area contributed by atoms with Gasteiger partial charge in [-0.2, -0.15) is 0 Å². The molecule has 1 amide bonds. The Bertz CT molecular complexity index is 1370. The van der Waals surface area contributed by atoms with E-state index in [1.807, 2.05) is 45.3 Å². The maximum atomic E-state index is 13.2. The molecule has 0 unspecified atom stereocenters. The SMILES string of the molecule is C[C@@H](NC(=O)[C@H]1CC[C@H](NS(=O)(=O)c2ccc(-c3cccc(OCCN(C)C)c3)cc2)CC1)c1ccc(F)cc1. The van der Waals surface area contributed by atoms with Gasteiger partial charge in [-0.25, -0.2) is 17.5 Å². The molecule has 7 nitrogen and oxygen atoms in total. The second kappa shape index (κ2) is 13.4. The quantitative estimate of drug-likeness (QED) is 0.335. The first-order chi connectivity index (χ1) is 19.1. The van der Waals surface area contributed by atoms with Crippen LogP contribution in [0.1, 0.15) is 44.2 Å². The molecule has 0 spiro atoms. The normalized spacial score (nSPS) is 18.3. The molecule has 1 aliphatic carbocycles. The summed E-state index contributed by atoms with van der Waals surface area (Å²) in [4.78, 5) is 15.0. The van der Waals surface area contributed by atoms with E-state index in [0.29, 0.717) is 32.3 Å². The largest absolute Gasteiger partial charge is 0.492 e. The smallest absolute Gasteiger partial charge is 0.240 e.